The van der Waals surface area contributed by atoms with Crippen molar-refractivity contribution in [3.63, 3.8) is 0 Å². The second-order valence-corrected chi connectivity index (χ2v) is 7.62. The average molecular weight is 315 g/mol. The Morgan fingerprint density at radius 1 is 1.13 bits per heavy atom. The highest BCUT2D eigenvalue weighted by Crippen LogP contribution is 2.39. The monoisotopic (exact) mass is 315 g/mol. The van der Waals surface area contributed by atoms with E-state index in [0.717, 1.165) is 12.0 Å². The normalized spacial score (nSPS) is 20.3. The average Bonchev–Trinajstić information content (AvgIpc) is 2.67. The van der Waals surface area contributed by atoms with E-state index in [0.29, 0.717) is 5.92 Å². The highest BCUT2D eigenvalue weighted by Gasteiger charge is 2.52. The van der Waals surface area contributed by atoms with Crippen molar-refractivity contribution in [2.45, 2.75) is 58.7 Å². The Labute approximate surface area is 141 Å². The second-order valence-electron chi connectivity index (χ2n) is 7.62. The first kappa shape index (κ1) is 18.2. The van der Waals surface area contributed by atoms with Gasteiger partial charge in [0.25, 0.3) is 0 Å². The SMILES string of the molecule is CNCC(=Cc1ccccc1C(C)C)B1OC(C)(C)C(C)(C)O1. The summed E-state index contributed by atoms with van der Waals surface area (Å²) in [5.74, 6) is 0.483. The van der Waals surface area contributed by atoms with Crippen LogP contribution < -0.4 is 5.32 Å². The first-order chi connectivity index (χ1) is 10.7. The van der Waals surface area contributed by atoms with E-state index in [1.807, 2.05) is 7.05 Å². The number of hydrogen-bond acceptors (Lipinski definition) is 3. The van der Waals surface area contributed by atoms with Crippen LogP contribution >= 0.6 is 0 Å². The van der Waals surface area contributed by atoms with E-state index in [4.69, 9.17) is 9.31 Å². The summed E-state index contributed by atoms with van der Waals surface area (Å²) in [5.41, 5.74) is 3.07. The molecule has 1 aliphatic heterocycles. The molecule has 1 heterocycles. The Hall–Kier alpha value is -1.10. The molecule has 1 aromatic carbocycles. The third kappa shape index (κ3) is 3.88. The van der Waals surface area contributed by atoms with Gasteiger partial charge in [-0.1, -0.05) is 44.2 Å². The van der Waals surface area contributed by atoms with E-state index in [9.17, 15) is 0 Å². The van der Waals surface area contributed by atoms with Crippen molar-refractivity contribution in [1.82, 2.24) is 5.32 Å². The number of likely N-dealkylation sites (N-methyl/N-ethyl adjacent to an activating group) is 1. The fourth-order valence-electron chi connectivity index (χ4n) is 2.77. The molecule has 0 unspecified atom stereocenters. The predicted octanol–water partition coefficient (Wildman–Crippen LogP) is 4.04. The molecule has 3 nitrogen and oxygen atoms in total. The van der Waals surface area contributed by atoms with Crippen LogP contribution in [0.2, 0.25) is 0 Å². The predicted molar refractivity (Wildman–Crippen MR) is 98.5 cm³/mol. The van der Waals surface area contributed by atoms with Crippen molar-refractivity contribution in [2.75, 3.05) is 13.6 Å². The van der Waals surface area contributed by atoms with Crippen LogP contribution in [0.5, 0.6) is 0 Å². The maximum absolute atomic E-state index is 6.22. The molecule has 1 N–H and O–H groups in total. The third-order valence-electron chi connectivity index (χ3n) is 4.90. The molecular formula is C19H30BNO2. The summed E-state index contributed by atoms with van der Waals surface area (Å²) in [6.45, 7) is 13.5. The van der Waals surface area contributed by atoms with Gasteiger partial charge in [-0.05, 0) is 57.3 Å². The summed E-state index contributed by atoms with van der Waals surface area (Å²) in [6.07, 6.45) is 2.22. The Bertz CT molecular complexity index is 562. The van der Waals surface area contributed by atoms with Crippen molar-refractivity contribution in [3.8, 4) is 0 Å². The van der Waals surface area contributed by atoms with Crippen molar-refractivity contribution >= 4 is 13.2 Å². The van der Waals surface area contributed by atoms with Crippen LogP contribution in [0.1, 0.15) is 58.6 Å². The van der Waals surface area contributed by atoms with Crippen LogP contribution in [0.15, 0.2) is 29.7 Å². The van der Waals surface area contributed by atoms with Crippen LogP contribution in [0.25, 0.3) is 6.08 Å². The fourth-order valence-corrected chi connectivity index (χ4v) is 2.77. The molecule has 1 fully saturated rings. The van der Waals surface area contributed by atoms with Crippen molar-refractivity contribution in [2.24, 2.45) is 0 Å². The highest BCUT2D eigenvalue weighted by molar-refractivity contribution is 6.55. The standard InChI is InChI=1S/C19H30BNO2/c1-14(2)17-11-9-8-10-15(17)12-16(13-21-7)20-22-18(3,4)19(5,6)23-20/h8-12,14,21H,13H2,1-7H3. The molecule has 23 heavy (non-hydrogen) atoms. The van der Waals surface area contributed by atoms with Crippen LogP contribution in [0.4, 0.5) is 0 Å². The van der Waals surface area contributed by atoms with E-state index in [2.05, 4.69) is 77.2 Å². The number of benzene rings is 1. The molecule has 0 aliphatic carbocycles. The van der Waals surface area contributed by atoms with Gasteiger partial charge >= 0.3 is 7.12 Å². The lowest BCUT2D eigenvalue weighted by molar-refractivity contribution is 0.00578. The van der Waals surface area contributed by atoms with Gasteiger partial charge in [0, 0.05) is 6.54 Å². The zero-order valence-corrected chi connectivity index (χ0v) is 15.6. The van der Waals surface area contributed by atoms with E-state index in [1.165, 1.54) is 11.1 Å². The van der Waals surface area contributed by atoms with Crippen LogP contribution in [-0.2, 0) is 9.31 Å². The molecule has 1 aliphatic rings. The quantitative estimate of drug-likeness (QED) is 0.832. The van der Waals surface area contributed by atoms with Gasteiger partial charge in [0.15, 0.2) is 0 Å². The van der Waals surface area contributed by atoms with E-state index < -0.39 is 0 Å². The maximum Gasteiger partial charge on any atom is 0.491 e. The minimum Gasteiger partial charge on any atom is -0.400 e. The molecule has 0 aromatic heterocycles. The summed E-state index contributed by atoms with van der Waals surface area (Å²) < 4.78 is 12.4. The molecular weight excluding hydrogens is 285 g/mol. The van der Waals surface area contributed by atoms with Gasteiger partial charge < -0.3 is 14.6 Å². The minimum absolute atomic E-state index is 0.312. The largest absolute Gasteiger partial charge is 0.491 e. The topological polar surface area (TPSA) is 30.5 Å². The van der Waals surface area contributed by atoms with Crippen molar-refractivity contribution in [3.05, 3.63) is 40.9 Å². The van der Waals surface area contributed by atoms with Gasteiger partial charge in [0.05, 0.1) is 11.2 Å². The molecule has 0 atom stereocenters. The molecule has 0 amide bonds. The van der Waals surface area contributed by atoms with Crippen LogP contribution in [-0.4, -0.2) is 31.9 Å². The summed E-state index contributed by atoms with van der Waals surface area (Å²) in [4.78, 5) is 0. The molecule has 0 radical (unpaired) electrons. The van der Waals surface area contributed by atoms with Gasteiger partial charge in [-0.2, -0.15) is 0 Å². The Balaban J connectivity index is 2.37. The summed E-state index contributed by atoms with van der Waals surface area (Å²) >= 11 is 0. The van der Waals surface area contributed by atoms with Gasteiger partial charge in [-0.3, -0.25) is 0 Å². The minimum atomic E-state index is -0.317. The molecule has 1 saturated heterocycles. The van der Waals surface area contributed by atoms with Gasteiger partial charge in [0.2, 0.25) is 0 Å². The first-order valence-corrected chi connectivity index (χ1v) is 8.47. The fraction of sp³-hybridized carbons (Fsp3) is 0.579. The summed E-state index contributed by atoms with van der Waals surface area (Å²) in [5, 5.41) is 3.24. The van der Waals surface area contributed by atoms with Crippen molar-refractivity contribution < 1.29 is 9.31 Å². The lowest BCUT2D eigenvalue weighted by Gasteiger charge is -2.32. The van der Waals surface area contributed by atoms with E-state index >= 15 is 0 Å². The maximum atomic E-state index is 6.22. The third-order valence-corrected chi connectivity index (χ3v) is 4.90. The van der Waals surface area contributed by atoms with E-state index in [1.54, 1.807) is 0 Å². The lowest BCUT2D eigenvalue weighted by atomic mass is 9.76. The van der Waals surface area contributed by atoms with Gasteiger partial charge in [0.1, 0.15) is 0 Å². The molecule has 4 heteroatoms. The van der Waals surface area contributed by atoms with Crippen LogP contribution in [0.3, 0.4) is 0 Å². The molecule has 0 spiro atoms. The zero-order valence-electron chi connectivity index (χ0n) is 15.6. The number of nitrogens with one attached hydrogen (secondary N) is 1. The van der Waals surface area contributed by atoms with Gasteiger partial charge in [-0.25, -0.2) is 0 Å². The molecule has 1 aromatic rings. The van der Waals surface area contributed by atoms with Crippen LogP contribution in [0, 0.1) is 0 Å². The lowest BCUT2D eigenvalue weighted by Crippen LogP contribution is -2.41. The first-order valence-electron chi connectivity index (χ1n) is 8.47. The molecule has 0 bridgehead atoms. The zero-order chi connectivity index (χ0) is 17.3. The molecule has 2 rings (SSSR count). The second kappa shape index (κ2) is 6.80. The smallest absolute Gasteiger partial charge is 0.400 e. The summed E-state index contributed by atoms with van der Waals surface area (Å²) in [6, 6.07) is 8.53. The van der Waals surface area contributed by atoms with Gasteiger partial charge in [-0.15, -0.1) is 0 Å². The highest BCUT2D eigenvalue weighted by atomic mass is 16.7. The Morgan fingerprint density at radius 2 is 1.70 bits per heavy atom. The molecule has 126 valence electrons. The van der Waals surface area contributed by atoms with Crippen molar-refractivity contribution in [1.29, 1.82) is 0 Å². The molecule has 0 saturated carbocycles. The Kier molecular flexibility index (Phi) is 5.39. The Morgan fingerprint density at radius 3 is 2.22 bits per heavy atom. The number of rotatable bonds is 5. The summed E-state index contributed by atoms with van der Waals surface area (Å²) in [7, 11) is 1.64. The number of hydrogen-bond donors (Lipinski definition) is 1. The van der Waals surface area contributed by atoms with E-state index in [-0.39, 0.29) is 18.3 Å².